The fourth-order valence-electron chi connectivity index (χ4n) is 4.98. The maximum absolute atomic E-state index is 14.0. The summed E-state index contributed by atoms with van der Waals surface area (Å²) in [6.07, 6.45) is -4.66. The van der Waals surface area contributed by atoms with E-state index in [2.05, 4.69) is 4.99 Å². The third-order valence-corrected chi connectivity index (χ3v) is 6.89. The van der Waals surface area contributed by atoms with Crippen LogP contribution in [0.5, 0.6) is 0 Å². The predicted octanol–water partition coefficient (Wildman–Crippen LogP) is 6.43. The molecule has 1 atom stereocenters. The molecule has 4 aromatic rings. The Kier molecular flexibility index (Phi) is 6.87. The number of halogens is 4. The average Bonchev–Trinajstić information content (AvgIpc) is 3.26. The molecule has 0 fully saturated rings. The number of carbonyl (C=O) groups is 2. The Bertz CT molecular complexity index is 1660. The Morgan fingerprint density at radius 2 is 1.70 bits per heavy atom. The van der Waals surface area contributed by atoms with Gasteiger partial charge in [-0.1, -0.05) is 36.4 Å². The molecule has 40 heavy (non-hydrogen) atoms. The highest BCUT2D eigenvalue weighted by Crippen LogP contribution is 2.42. The van der Waals surface area contributed by atoms with Crippen molar-refractivity contribution in [3.05, 3.63) is 112 Å². The first-order valence-corrected chi connectivity index (χ1v) is 12.5. The molecular weight excluding hydrogens is 524 g/mol. The van der Waals surface area contributed by atoms with Crippen LogP contribution in [0.15, 0.2) is 77.8 Å². The van der Waals surface area contributed by atoms with E-state index in [1.807, 2.05) is 31.2 Å². The van der Waals surface area contributed by atoms with Crippen molar-refractivity contribution >= 4 is 23.3 Å². The van der Waals surface area contributed by atoms with E-state index in [4.69, 9.17) is 5.10 Å². The molecular formula is C30H24F4N4O2. The standard InChI is InChI=1S/C30H24F4N4O2/c1-4-37-28-24(18(3)36-38(28)23-11-6-5-8-17(23)2)25(19-12-14-22(31)15-13-19)26(29(37)40)35-27(39)20-9-7-10-21(16-20)30(32,33)34/h5-16,25H,4H2,1-3H3/t25-/m0/s1. The fraction of sp³-hybridized carbons (Fsp3) is 0.200. The van der Waals surface area contributed by atoms with Crippen LogP contribution >= 0.6 is 0 Å². The zero-order valence-electron chi connectivity index (χ0n) is 21.8. The summed E-state index contributed by atoms with van der Waals surface area (Å²) in [5, 5.41) is 4.74. The molecule has 1 aliphatic rings. The van der Waals surface area contributed by atoms with Gasteiger partial charge in [-0.15, -0.1) is 0 Å². The monoisotopic (exact) mass is 548 g/mol. The molecule has 10 heteroatoms. The number of hydrogen-bond acceptors (Lipinski definition) is 3. The van der Waals surface area contributed by atoms with E-state index in [1.54, 1.807) is 18.5 Å². The van der Waals surface area contributed by atoms with Crippen LogP contribution in [0.2, 0.25) is 0 Å². The van der Waals surface area contributed by atoms with Gasteiger partial charge in [0.05, 0.1) is 22.9 Å². The lowest BCUT2D eigenvalue weighted by atomic mass is 9.83. The molecule has 2 amide bonds. The molecule has 0 aliphatic carbocycles. The number of nitrogens with zero attached hydrogens (tertiary/aromatic N) is 4. The van der Waals surface area contributed by atoms with E-state index in [0.29, 0.717) is 28.7 Å². The second-order valence-electron chi connectivity index (χ2n) is 9.44. The zero-order chi connectivity index (χ0) is 28.8. The molecule has 0 N–H and O–H groups in total. The lowest BCUT2D eigenvalue weighted by Gasteiger charge is -2.33. The summed E-state index contributed by atoms with van der Waals surface area (Å²) in [6.45, 7) is 5.64. The lowest BCUT2D eigenvalue weighted by molar-refractivity contribution is -0.137. The molecule has 0 spiro atoms. The highest BCUT2D eigenvalue weighted by Gasteiger charge is 2.43. The lowest BCUT2D eigenvalue weighted by Crippen LogP contribution is -2.45. The van der Waals surface area contributed by atoms with E-state index in [1.165, 1.54) is 35.2 Å². The number of aryl methyl sites for hydroxylation is 2. The molecule has 0 bridgehead atoms. The second-order valence-corrected chi connectivity index (χ2v) is 9.44. The van der Waals surface area contributed by atoms with Gasteiger partial charge in [-0.05, 0) is 68.3 Å². The summed E-state index contributed by atoms with van der Waals surface area (Å²) in [5.41, 5.74) is 1.78. The van der Waals surface area contributed by atoms with Gasteiger partial charge in [0.25, 0.3) is 11.8 Å². The maximum atomic E-state index is 14.0. The summed E-state index contributed by atoms with van der Waals surface area (Å²) in [4.78, 5) is 32.8. The summed E-state index contributed by atoms with van der Waals surface area (Å²) >= 11 is 0. The minimum Gasteiger partial charge on any atom is -0.292 e. The second kappa shape index (κ2) is 10.2. The molecule has 2 heterocycles. The van der Waals surface area contributed by atoms with Crippen LogP contribution in [0.1, 0.15) is 51.1 Å². The van der Waals surface area contributed by atoms with E-state index >= 15 is 0 Å². The van der Waals surface area contributed by atoms with Crippen LogP contribution in [0.3, 0.4) is 0 Å². The molecule has 1 aliphatic heterocycles. The van der Waals surface area contributed by atoms with Gasteiger partial charge in [-0.25, -0.2) is 14.1 Å². The Labute approximate surface area is 227 Å². The molecule has 0 radical (unpaired) electrons. The van der Waals surface area contributed by atoms with Crippen molar-refractivity contribution in [1.29, 1.82) is 0 Å². The van der Waals surface area contributed by atoms with Crippen molar-refractivity contribution in [3.8, 4) is 5.69 Å². The van der Waals surface area contributed by atoms with E-state index in [9.17, 15) is 27.2 Å². The van der Waals surface area contributed by atoms with Crippen LogP contribution in [-0.4, -0.2) is 33.9 Å². The number of para-hydroxylation sites is 1. The van der Waals surface area contributed by atoms with E-state index in [0.717, 1.165) is 23.4 Å². The number of amides is 2. The molecule has 0 saturated heterocycles. The predicted molar refractivity (Wildman–Crippen MR) is 143 cm³/mol. The molecule has 0 saturated carbocycles. The maximum Gasteiger partial charge on any atom is 0.416 e. The number of carbonyl (C=O) groups excluding carboxylic acids is 2. The smallest absolute Gasteiger partial charge is 0.292 e. The van der Waals surface area contributed by atoms with Gasteiger partial charge in [0.15, 0.2) is 0 Å². The van der Waals surface area contributed by atoms with E-state index < -0.39 is 35.3 Å². The number of fused-ring (bicyclic) bond motifs is 1. The topological polar surface area (TPSA) is 67.6 Å². The molecule has 0 unspecified atom stereocenters. The summed E-state index contributed by atoms with van der Waals surface area (Å²) in [6, 6.07) is 16.9. The average molecular weight is 549 g/mol. The zero-order valence-corrected chi connectivity index (χ0v) is 21.8. The molecule has 204 valence electrons. The summed E-state index contributed by atoms with van der Waals surface area (Å²) in [5.74, 6) is -2.52. The SMILES string of the molecule is CCN1C(=O)C(=NC(=O)c2cccc(C(F)(F)F)c2)[C@@H](c2ccc(F)cc2)c2c(C)nn(-c3ccccc3C)c21. The minimum absolute atomic E-state index is 0.184. The van der Waals surface area contributed by atoms with Crippen molar-refractivity contribution in [3.63, 3.8) is 0 Å². The van der Waals surface area contributed by atoms with Crippen LogP contribution in [0.25, 0.3) is 5.69 Å². The third-order valence-electron chi connectivity index (χ3n) is 6.89. The van der Waals surface area contributed by atoms with Crippen molar-refractivity contribution in [1.82, 2.24) is 9.78 Å². The quantitative estimate of drug-likeness (QED) is 0.276. The van der Waals surface area contributed by atoms with Crippen molar-refractivity contribution in [2.24, 2.45) is 4.99 Å². The van der Waals surface area contributed by atoms with Crippen molar-refractivity contribution in [2.75, 3.05) is 11.4 Å². The fourth-order valence-corrected chi connectivity index (χ4v) is 4.98. The van der Waals surface area contributed by atoms with Crippen molar-refractivity contribution < 1.29 is 27.2 Å². The van der Waals surface area contributed by atoms with Gasteiger partial charge in [-0.2, -0.15) is 18.3 Å². The third kappa shape index (κ3) is 4.70. The first-order chi connectivity index (χ1) is 19.0. The Morgan fingerprint density at radius 1 is 1.00 bits per heavy atom. The van der Waals surface area contributed by atoms with Gasteiger partial charge < -0.3 is 0 Å². The number of alkyl halides is 3. The molecule has 5 rings (SSSR count). The number of aliphatic imine (C=N–C) groups is 1. The van der Waals surface area contributed by atoms with Gasteiger partial charge >= 0.3 is 6.18 Å². The first kappa shape index (κ1) is 27.0. The number of aromatic nitrogens is 2. The number of rotatable bonds is 4. The first-order valence-electron chi connectivity index (χ1n) is 12.5. The van der Waals surface area contributed by atoms with Gasteiger partial charge in [-0.3, -0.25) is 14.5 Å². The highest BCUT2D eigenvalue weighted by atomic mass is 19.4. The number of anilines is 1. The van der Waals surface area contributed by atoms with Gasteiger partial charge in [0.1, 0.15) is 17.3 Å². The Hall–Kier alpha value is -4.60. The van der Waals surface area contributed by atoms with Crippen LogP contribution in [0, 0.1) is 19.7 Å². The van der Waals surface area contributed by atoms with E-state index in [-0.39, 0.29) is 17.8 Å². The Morgan fingerprint density at radius 3 is 2.35 bits per heavy atom. The number of hydrogen-bond donors (Lipinski definition) is 0. The summed E-state index contributed by atoms with van der Waals surface area (Å²) < 4.78 is 55.5. The van der Waals surface area contributed by atoms with Crippen molar-refractivity contribution in [2.45, 2.75) is 32.9 Å². The Balaban J connectivity index is 1.74. The highest BCUT2D eigenvalue weighted by molar-refractivity contribution is 6.49. The van der Waals surface area contributed by atoms with Crippen LogP contribution < -0.4 is 4.90 Å². The molecule has 6 nitrogen and oxygen atoms in total. The summed E-state index contributed by atoms with van der Waals surface area (Å²) in [7, 11) is 0. The largest absolute Gasteiger partial charge is 0.416 e. The molecule has 1 aromatic heterocycles. The van der Waals surface area contributed by atoms with Gasteiger partial charge in [0.2, 0.25) is 0 Å². The van der Waals surface area contributed by atoms with Crippen LogP contribution in [-0.2, 0) is 11.0 Å². The van der Waals surface area contributed by atoms with Gasteiger partial charge in [0, 0.05) is 17.7 Å². The molecule has 3 aromatic carbocycles. The normalized spacial score (nSPS) is 16.4. The van der Waals surface area contributed by atoms with Crippen LogP contribution in [0.4, 0.5) is 23.4 Å². The number of benzene rings is 3. The minimum atomic E-state index is -4.66.